The molecule has 4 rings (SSSR count). The fourth-order valence-corrected chi connectivity index (χ4v) is 4.91. The number of aryl methyl sites for hydroxylation is 2. The Labute approximate surface area is 213 Å². The minimum absolute atomic E-state index is 0.0780. The van der Waals surface area contributed by atoms with Crippen molar-refractivity contribution in [3.63, 3.8) is 0 Å². The van der Waals surface area contributed by atoms with Gasteiger partial charge in [0, 0.05) is 22.2 Å². The van der Waals surface area contributed by atoms with Crippen molar-refractivity contribution in [1.29, 1.82) is 0 Å². The molecule has 1 fully saturated rings. The topological polar surface area (TPSA) is 61.8 Å². The molecule has 34 heavy (non-hydrogen) atoms. The van der Waals surface area contributed by atoms with Gasteiger partial charge in [0.1, 0.15) is 5.25 Å². The first kappa shape index (κ1) is 24.3. The van der Waals surface area contributed by atoms with E-state index >= 15 is 0 Å². The van der Waals surface area contributed by atoms with E-state index in [2.05, 4.69) is 5.32 Å². The van der Waals surface area contributed by atoms with Gasteiger partial charge >= 0.3 is 0 Å². The van der Waals surface area contributed by atoms with Gasteiger partial charge in [0.2, 0.25) is 11.8 Å². The van der Waals surface area contributed by atoms with Crippen molar-refractivity contribution in [2.75, 3.05) is 5.32 Å². The highest BCUT2D eigenvalue weighted by Crippen LogP contribution is 2.32. The predicted octanol–water partition coefficient (Wildman–Crippen LogP) is 6.77. The number of amides is 2. The second-order valence-electron chi connectivity index (χ2n) is 8.10. The minimum Gasteiger partial charge on any atom is -0.325 e. The van der Waals surface area contributed by atoms with Crippen molar-refractivity contribution in [2.24, 2.45) is 4.99 Å². The first-order valence-corrected chi connectivity index (χ1v) is 12.4. The molecule has 1 aliphatic heterocycles. The van der Waals surface area contributed by atoms with Crippen molar-refractivity contribution >= 4 is 63.3 Å². The molecular weight excluding hydrogens is 489 g/mol. The Balaban J connectivity index is 1.60. The molecule has 8 heteroatoms. The van der Waals surface area contributed by atoms with E-state index in [0.29, 0.717) is 27.4 Å². The average molecular weight is 512 g/mol. The number of halogens is 2. The Bertz CT molecular complexity index is 1240. The maximum atomic E-state index is 13.2. The zero-order chi connectivity index (χ0) is 24.2. The summed E-state index contributed by atoms with van der Waals surface area (Å²) in [7, 11) is 0. The van der Waals surface area contributed by atoms with Crippen molar-refractivity contribution in [3.05, 3.63) is 93.5 Å². The van der Waals surface area contributed by atoms with Gasteiger partial charge in [-0.3, -0.25) is 14.5 Å². The summed E-state index contributed by atoms with van der Waals surface area (Å²) in [4.78, 5) is 32.6. The lowest BCUT2D eigenvalue weighted by Gasteiger charge is -2.32. The molecule has 174 valence electrons. The first-order chi connectivity index (χ1) is 16.3. The summed E-state index contributed by atoms with van der Waals surface area (Å²) in [6.45, 7) is 4.28. The molecule has 1 unspecified atom stereocenters. The molecule has 1 atom stereocenters. The summed E-state index contributed by atoms with van der Waals surface area (Å²) in [5.74, 6) is -0.387. The fraction of sp³-hybridized carbons (Fsp3) is 0.192. The van der Waals surface area contributed by atoms with Crippen LogP contribution in [0.1, 0.15) is 23.1 Å². The second-order valence-corrected chi connectivity index (χ2v) is 10.1. The lowest BCUT2D eigenvalue weighted by molar-refractivity contribution is -0.129. The van der Waals surface area contributed by atoms with Gasteiger partial charge < -0.3 is 5.32 Å². The number of carbonyl (C=O) groups excluding carboxylic acids is 2. The molecule has 3 aromatic rings. The minimum atomic E-state index is -0.597. The Kier molecular flexibility index (Phi) is 7.61. The van der Waals surface area contributed by atoms with E-state index in [-0.39, 0.29) is 18.2 Å². The highest BCUT2D eigenvalue weighted by atomic mass is 35.5. The van der Waals surface area contributed by atoms with Crippen LogP contribution in [0, 0.1) is 13.8 Å². The molecular formula is C26H23Cl2N3O2S. The molecule has 0 bridgehead atoms. The lowest BCUT2D eigenvalue weighted by Crippen LogP contribution is -2.44. The summed E-state index contributed by atoms with van der Waals surface area (Å²) in [6.07, 6.45) is 0.0780. The zero-order valence-electron chi connectivity index (χ0n) is 18.7. The standard InChI is InChI=1S/C26H23Cl2N3O2S/c1-16-3-12-22(17(2)13-16)30-25(33)23-14-24(32)31(15-18-4-6-19(27)7-5-18)26(34-23)29-21-10-8-20(28)9-11-21/h3-13,23H,14-15H2,1-2H3,(H,30,33). The van der Waals surface area contributed by atoms with Crippen LogP contribution in [0.2, 0.25) is 10.0 Å². The quantitative estimate of drug-likeness (QED) is 0.410. The van der Waals surface area contributed by atoms with Crippen LogP contribution in [0.15, 0.2) is 71.7 Å². The van der Waals surface area contributed by atoms with Gasteiger partial charge in [-0.1, -0.05) is 64.8 Å². The van der Waals surface area contributed by atoms with Crippen LogP contribution in [-0.2, 0) is 16.1 Å². The smallest absolute Gasteiger partial charge is 0.238 e. The van der Waals surface area contributed by atoms with E-state index in [4.69, 9.17) is 28.2 Å². The zero-order valence-corrected chi connectivity index (χ0v) is 21.0. The van der Waals surface area contributed by atoms with Gasteiger partial charge in [0.25, 0.3) is 0 Å². The maximum Gasteiger partial charge on any atom is 0.238 e. The molecule has 0 aliphatic carbocycles. The number of benzene rings is 3. The fourth-order valence-electron chi connectivity index (χ4n) is 3.56. The van der Waals surface area contributed by atoms with Gasteiger partial charge in [-0.25, -0.2) is 4.99 Å². The van der Waals surface area contributed by atoms with E-state index in [1.54, 1.807) is 41.3 Å². The molecule has 0 saturated carbocycles. The summed E-state index contributed by atoms with van der Waals surface area (Å²) >= 11 is 13.3. The molecule has 0 aromatic heterocycles. The Hall–Kier alpha value is -2.80. The third-order valence-electron chi connectivity index (χ3n) is 5.38. The number of rotatable bonds is 5. The monoisotopic (exact) mass is 511 g/mol. The number of carbonyl (C=O) groups is 2. The van der Waals surface area contributed by atoms with Crippen LogP contribution >= 0.6 is 35.0 Å². The van der Waals surface area contributed by atoms with Crippen LogP contribution in [0.3, 0.4) is 0 Å². The first-order valence-electron chi connectivity index (χ1n) is 10.7. The third-order valence-corrected chi connectivity index (χ3v) is 7.07. The molecule has 1 aliphatic rings. The number of amidine groups is 1. The Morgan fingerprint density at radius 1 is 1.03 bits per heavy atom. The predicted molar refractivity (Wildman–Crippen MR) is 141 cm³/mol. The van der Waals surface area contributed by atoms with E-state index in [1.165, 1.54) is 11.8 Å². The summed E-state index contributed by atoms with van der Waals surface area (Å²) in [5.41, 5.74) is 4.40. The second kappa shape index (κ2) is 10.6. The molecule has 3 aromatic carbocycles. The number of aliphatic imine (C=N–C) groups is 1. The van der Waals surface area contributed by atoms with Gasteiger partial charge in [0.05, 0.1) is 12.2 Å². The SMILES string of the molecule is Cc1ccc(NC(=O)C2CC(=O)N(Cc3ccc(Cl)cc3)C(=Nc3ccc(Cl)cc3)S2)c(C)c1. The number of hydrogen-bond donors (Lipinski definition) is 1. The van der Waals surface area contributed by atoms with Crippen LogP contribution in [0.5, 0.6) is 0 Å². The number of nitrogens with zero attached hydrogens (tertiary/aromatic N) is 2. The Morgan fingerprint density at radius 2 is 1.68 bits per heavy atom. The molecule has 1 N–H and O–H groups in total. The van der Waals surface area contributed by atoms with Crippen LogP contribution < -0.4 is 5.32 Å². The average Bonchev–Trinajstić information content (AvgIpc) is 2.80. The largest absolute Gasteiger partial charge is 0.325 e. The third kappa shape index (κ3) is 6.00. The Morgan fingerprint density at radius 3 is 2.32 bits per heavy atom. The number of thioether (sulfide) groups is 1. The lowest BCUT2D eigenvalue weighted by atomic mass is 10.1. The molecule has 1 saturated heterocycles. The van der Waals surface area contributed by atoms with Gasteiger partial charge in [-0.05, 0) is 67.4 Å². The van der Waals surface area contributed by atoms with E-state index in [1.807, 2.05) is 44.2 Å². The van der Waals surface area contributed by atoms with Crippen molar-refractivity contribution < 1.29 is 9.59 Å². The normalized spacial score (nSPS) is 17.2. The van der Waals surface area contributed by atoms with Crippen molar-refractivity contribution in [1.82, 2.24) is 4.90 Å². The van der Waals surface area contributed by atoms with Gasteiger partial charge in [-0.15, -0.1) is 0 Å². The van der Waals surface area contributed by atoms with Crippen LogP contribution in [0.4, 0.5) is 11.4 Å². The van der Waals surface area contributed by atoms with Gasteiger partial charge in [0.15, 0.2) is 5.17 Å². The van der Waals surface area contributed by atoms with E-state index < -0.39 is 5.25 Å². The maximum absolute atomic E-state index is 13.2. The highest BCUT2D eigenvalue weighted by Gasteiger charge is 2.36. The van der Waals surface area contributed by atoms with Crippen molar-refractivity contribution in [2.45, 2.75) is 32.1 Å². The van der Waals surface area contributed by atoms with Crippen molar-refractivity contribution in [3.8, 4) is 0 Å². The van der Waals surface area contributed by atoms with Crippen LogP contribution in [0.25, 0.3) is 0 Å². The summed E-state index contributed by atoms with van der Waals surface area (Å²) < 4.78 is 0. The number of anilines is 1. The number of nitrogens with one attached hydrogen (secondary N) is 1. The van der Waals surface area contributed by atoms with E-state index in [9.17, 15) is 9.59 Å². The van der Waals surface area contributed by atoms with Crippen LogP contribution in [-0.4, -0.2) is 27.1 Å². The molecule has 2 amide bonds. The van der Waals surface area contributed by atoms with E-state index in [0.717, 1.165) is 22.4 Å². The molecule has 1 heterocycles. The van der Waals surface area contributed by atoms with Gasteiger partial charge in [-0.2, -0.15) is 0 Å². The molecule has 0 radical (unpaired) electrons. The summed E-state index contributed by atoms with van der Waals surface area (Å²) in [5, 5.41) is 4.07. The highest BCUT2D eigenvalue weighted by molar-refractivity contribution is 8.15. The summed E-state index contributed by atoms with van der Waals surface area (Å²) in [6, 6.07) is 20.2. The number of hydrogen-bond acceptors (Lipinski definition) is 4. The molecule has 0 spiro atoms. The molecule has 5 nitrogen and oxygen atoms in total.